The van der Waals surface area contributed by atoms with Crippen molar-refractivity contribution in [2.24, 2.45) is 0 Å². The van der Waals surface area contributed by atoms with Crippen LogP contribution in [0.5, 0.6) is 5.75 Å². The average molecular weight is 488 g/mol. The lowest BCUT2D eigenvalue weighted by Crippen LogP contribution is -2.48. The highest BCUT2D eigenvalue weighted by Gasteiger charge is 2.42. The van der Waals surface area contributed by atoms with Crippen LogP contribution in [-0.4, -0.2) is 75.4 Å². The number of anilines is 1. The third-order valence-electron chi connectivity index (χ3n) is 6.07. The summed E-state index contributed by atoms with van der Waals surface area (Å²) >= 11 is 0. The number of rotatable bonds is 6. The molecule has 0 N–H and O–H groups in total. The second-order valence-corrected chi connectivity index (χ2v) is 9.87. The Morgan fingerprint density at radius 2 is 1.68 bits per heavy atom. The summed E-state index contributed by atoms with van der Waals surface area (Å²) in [6.45, 7) is 0.268. The molecule has 2 aliphatic rings. The Balaban J connectivity index is 1.49. The molecule has 2 aromatic carbocycles. The maximum absolute atomic E-state index is 13.4. The van der Waals surface area contributed by atoms with E-state index in [1.807, 2.05) is 0 Å². The van der Waals surface area contributed by atoms with Gasteiger partial charge in [0.25, 0.3) is 5.91 Å². The molecular formula is C23H25N3O7S. The number of methoxy groups -OCH3 is 2. The number of imide groups is 1. The zero-order chi connectivity index (χ0) is 24.5. The van der Waals surface area contributed by atoms with E-state index in [9.17, 15) is 22.8 Å². The second-order valence-electron chi connectivity index (χ2n) is 7.97. The van der Waals surface area contributed by atoms with Crippen LogP contribution in [0.2, 0.25) is 0 Å². The minimum atomic E-state index is -3.97. The fourth-order valence-corrected chi connectivity index (χ4v) is 5.94. The van der Waals surface area contributed by atoms with Crippen molar-refractivity contribution < 1.29 is 32.3 Å². The molecule has 0 aliphatic carbocycles. The lowest BCUT2D eigenvalue weighted by Gasteiger charge is -2.35. The van der Waals surface area contributed by atoms with Gasteiger partial charge in [-0.05, 0) is 43.2 Å². The van der Waals surface area contributed by atoms with Crippen molar-refractivity contribution in [3.63, 3.8) is 0 Å². The summed E-state index contributed by atoms with van der Waals surface area (Å²) in [5.74, 6) is -0.845. The van der Waals surface area contributed by atoms with Crippen LogP contribution in [0.3, 0.4) is 0 Å². The van der Waals surface area contributed by atoms with Gasteiger partial charge in [0.15, 0.2) is 0 Å². The van der Waals surface area contributed by atoms with Crippen molar-refractivity contribution in [2.45, 2.75) is 23.8 Å². The number of benzene rings is 2. The molecule has 11 heteroatoms. The molecule has 2 saturated heterocycles. The molecular weight excluding hydrogens is 462 g/mol. The summed E-state index contributed by atoms with van der Waals surface area (Å²) in [7, 11) is -1.40. The molecule has 2 fully saturated rings. The second kappa shape index (κ2) is 9.43. The zero-order valence-electron chi connectivity index (χ0n) is 18.8. The van der Waals surface area contributed by atoms with E-state index in [2.05, 4.69) is 0 Å². The first-order chi connectivity index (χ1) is 16.3. The van der Waals surface area contributed by atoms with E-state index in [1.54, 1.807) is 30.3 Å². The van der Waals surface area contributed by atoms with E-state index in [0.29, 0.717) is 18.5 Å². The van der Waals surface area contributed by atoms with Gasteiger partial charge in [0.05, 0.1) is 25.5 Å². The molecule has 0 atom stereocenters. The van der Waals surface area contributed by atoms with Crippen LogP contribution in [0, 0.1) is 0 Å². The van der Waals surface area contributed by atoms with Crippen molar-refractivity contribution in [1.82, 2.24) is 9.21 Å². The summed E-state index contributed by atoms with van der Waals surface area (Å²) in [4.78, 5) is 40.0. The predicted molar refractivity (Wildman–Crippen MR) is 122 cm³/mol. The van der Waals surface area contributed by atoms with Gasteiger partial charge in [-0.3, -0.25) is 4.79 Å². The van der Waals surface area contributed by atoms with Crippen molar-refractivity contribution in [1.29, 1.82) is 0 Å². The molecule has 10 nitrogen and oxygen atoms in total. The van der Waals surface area contributed by atoms with E-state index in [-0.39, 0.29) is 47.8 Å². The first-order valence-electron chi connectivity index (χ1n) is 10.7. The Labute approximate surface area is 197 Å². The highest BCUT2D eigenvalue weighted by molar-refractivity contribution is 7.89. The molecule has 180 valence electrons. The van der Waals surface area contributed by atoms with Gasteiger partial charge < -0.3 is 14.4 Å². The van der Waals surface area contributed by atoms with Gasteiger partial charge in [-0.15, -0.1) is 0 Å². The lowest BCUT2D eigenvalue weighted by atomic mass is 10.1. The zero-order valence-corrected chi connectivity index (χ0v) is 19.7. The van der Waals surface area contributed by atoms with Gasteiger partial charge >= 0.3 is 12.0 Å². The SMILES string of the molecule is COC(=O)c1ccc(OC)c(S(=O)(=O)N2CCC(N3CC(=O)N(c4ccccc4)C3=O)CC2)c1. The first kappa shape index (κ1) is 23.7. The van der Waals surface area contributed by atoms with E-state index in [4.69, 9.17) is 9.47 Å². The fourth-order valence-electron chi connectivity index (χ4n) is 4.29. The van der Waals surface area contributed by atoms with Gasteiger partial charge in [0.1, 0.15) is 17.2 Å². The third-order valence-corrected chi connectivity index (χ3v) is 7.99. The van der Waals surface area contributed by atoms with Gasteiger partial charge in [-0.25, -0.2) is 22.9 Å². The highest BCUT2D eigenvalue weighted by Crippen LogP contribution is 2.32. The van der Waals surface area contributed by atoms with Crippen LogP contribution in [0.15, 0.2) is 53.4 Å². The van der Waals surface area contributed by atoms with Gasteiger partial charge in [-0.2, -0.15) is 4.31 Å². The van der Waals surface area contributed by atoms with E-state index >= 15 is 0 Å². The highest BCUT2D eigenvalue weighted by atomic mass is 32.2. The van der Waals surface area contributed by atoms with Crippen LogP contribution in [-0.2, 0) is 19.6 Å². The molecule has 0 aromatic heterocycles. The van der Waals surface area contributed by atoms with Crippen LogP contribution >= 0.6 is 0 Å². The smallest absolute Gasteiger partial charge is 0.337 e. The fraction of sp³-hybridized carbons (Fsp3) is 0.348. The predicted octanol–water partition coefficient (Wildman–Crippen LogP) is 2.10. The summed E-state index contributed by atoms with van der Waals surface area (Å²) < 4.78 is 37.9. The first-order valence-corrected chi connectivity index (χ1v) is 12.2. The van der Waals surface area contributed by atoms with E-state index in [1.165, 1.54) is 41.6 Å². The molecule has 34 heavy (non-hydrogen) atoms. The third kappa shape index (κ3) is 4.24. The normalized spacial score (nSPS) is 17.8. The number of amides is 3. The Bertz CT molecular complexity index is 1210. The molecule has 0 saturated carbocycles. The Morgan fingerprint density at radius 1 is 1.00 bits per heavy atom. The molecule has 3 amide bonds. The largest absolute Gasteiger partial charge is 0.495 e. The summed E-state index contributed by atoms with van der Waals surface area (Å²) in [6, 6.07) is 12.1. The van der Waals surface area contributed by atoms with Crippen LogP contribution in [0.4, 0.5) is 10.5 Å². The Morgan fingerprint density at radius 3 is 2.29 bits per heavy atom. The number of esters is 1. The minimum absolute atomic E-state index is 0.0415. The van der Waals surface area contributed by atoms with Crippen molar-refractivity contribution in [3.8, 4) is 5.75 Å². The van der Waals surface area contributed by atoms with Crippen LogP contribution in [0.1, 0.15) is 23.2 Å². The van der Waals surface area contributed by atoms with Gasteiger partial charge in [0.2, 0.25) is 10.0 Å². The summed E-state index contributed by atoms with van der Waals surface area (Å²) in [5, 5.41) is 0. The minimum Gasteiger partial charge on any atom is -0.495 e. The monoisotopic (exact) mass is 487 g/mol. The quantitative estimate of drug-likeness (QED) is 0.453. The number of carbonyl (C=O) groups excluding carboxylic acids is 3. The van der Waals surface area contributed by atoms with Crippen molar-refractivity contribution in [3.05, 3.63) is 54.1 Å². The summed E-state index contributed by atoms with van der Waals surface area (Å²) in [5.41, 5.74) is 0.608. The lowest BCUT2D eigenvalue weighted by molar-refractivity contribution is -0.116. The Kier molecular flexibility index (Phi) is 6.58. The van der Waals surface area contributed by atoms with E-state index in [0.717, 1.165) is 4.90 Å². The van der Waals surface area contributed by atoms with Crippen LogP contribution < -0.4 is 9.64 Å². The average Bonchev–Trinajstić information content (AvgIpc) is 3.17. The molecule has 2 heterocycles. The van der Waals surface area contributed by atoms with Crippen LogP contribution in [0.25, 0.3) is 0 Å². The maximum Gasteiger partial charge on any atom is 0.337 e. The number of carbonyl (C=O) groups is 3. The molecule has 0 spiro atoms. The number of hydrogen-bond donors (Lipinski definition) is 0. The maximum atomic E-state index is 13.4. The van der Waals surface area contributed by atoms with Crippen molar-refractivity contribution in [2.75, 3.05) is 38.8 Å². The molecule has 0 radical (unpaired) electrons. The molecule has 2 aliphatic heterocycles. The molecule has 0 bridgehead atoms. The number of urea groups is 1. The van der Waals surface area contributed by atoms with Gasteiger partial charge in [-0.1, -0.05) is 18.2 Å². The summed E-state index contributed by atoms with van der Waals surface area (Å²) in [6.07, 6.45) is 0.750. The number of para-hydroxylation sites is 1. The number of piperidine rings is 1. The van der Waals surface area contributed by atoms with Gasteiger partial charge in [0, 0.05) is 19.1 Å². The molecule has 2 aromatic rings. The van der Waals surface area contributed by atoms with Crippen molar-refractivity contribution >= 4 is 33.6 Å². The topological polar surface area (TPSA) is 114 Å². The number of ether oxygens (including phenoxy) is 2. The molecule has 4 rings (SSSR count). The standard InChI is InChI=1S/C23H25N3O7S/c1-32-19-9-8-16(22(28)33-2)14-20(19)34(30,31)24-12-10-17(11-13-24)25-15-21(27)26(23(25)29)18-6-4-3-5-7-18/h3-9,14,17H,10-13,15H2,1-2H3. The number of sulfonamides is 1. The Hall–Kier alpha value is -3.44. The molecule has 0 unspecified atom stereocenters. The number of hydrogen-bond acceptors (Lipinski definition) is 7. The van der Waals surface area contributed by atoms with E-state index < -0.39 is 22.0 Å². The number of nitrogens with zero attached hydrogens (tertiary/aromatic N) is 3.